The van der Waals surface area contributed by atoms with Gasteiger partial charge in [-0.3, -0.25) is 29.3 Å². The van der Waals surface area contributed by atoms with Crippen LogP contribution in [-0.4, -0.2) is 71.4 Å². The van der Waals surface area contributed by atoms with Gasteiger partial charge in [-0.05, 0) is 45.3 Å². The molecule has 2 aliphatic heterocycles. The predicted molar refractivity (Wildman–Crippen MR) is 154 cm³/mol. The number of aryl methyl sites for hydroxylation is 1. The number of amides is 3. The van der Waals surface area contributed by atoms with Gasteiger partial charge in [0.25, 0.3) is 11.6 Å². The number of carboxylic acid groups (broad SMARTS) is 1. The average Bonchev–Trinajstić information content (AvgIpc) is 3.22. The Bertz CT molecular complexity index is 1660. The number of non-ortho nitro benzene ring substituents is 1. The zero-order chi connectivity index (χ0) is 30.5. The van der Waals surface area contributed by atoms with E-state index in [2.05, 4.69) is 10.6 Å². The molecule has 0 saturated carbocycles. The molecule has 4 atom stereocenters. The lowest BCUT2D eigenvalue weighted by Crippen LogP contribution is -2.71. The normalized spacial score (nSPS) is 23.0. The Morgan fingerprint density at radius 2 is 1.98 bits per heavy atom. The molecule has 3 amide bonds. The van der Waals surface area contributed by atoms with Gasteiger partial charge in [0.1, 0.15) is 29.1 Å². The number of aromatic nitrogens is 1. The number of nitro groups is 1. The first kappa shape index (κ1) is 29.0. The monoisotopic (exact) mass is 595 g/mol. The number of aliphatic carboxylic acids is 1. The number of nitrogens with zero attached hydrogens (tertiary/aromatic N) is 3. The first-order valence-corrected chi connectivity index (χ1v) is 14.2. The molecular formula is C28H29N5O8S. The molecular weight excluding hydrogens is 566 g/mol. The Labute approximate surface area is 243 Å². The Kier molecular flexibility index (Phi) is 7.43. The molecule has 0 spiro atoms. The second-order valence-corrected chi connectivity index (χ2v) is 12.6. The van der Waals surface area contributed by atoms with Gasteiger partial charge in [0.2, 0.25) is 17.2 Å². The quantitative estimate of drug-likeness (QED) is 0.178. The summed E-state index contributed by atoms with van der Waals surface area (Å²) in [5.74, 6) is -3.18. The molecule has 1 aliphatic carbocycles. The minimum absolute atomic E-state index is 0.00599. The first-order valence-electron chi connectivity index (χ1n) is 13.3. The van der Waals surface area contributed by atoms with Crippen molar-refractivity contribution in [1.82, 2.24) is 20.1 Å². The van der Waals surface area contributed by atoms with E-state index in [1.54, 1.807) is 31.4 Å². The smallest absolute Gasteiger partial charge is 0.327 e. The van der Waals surface area contributed by atoms with Crippen molar-refractivity contribution >= 4 is 52.0 Å². The second kappa shape index (κ2) is 10.7. The molecule has 3 N–H and O–H groups in total. The highest BCUT2D eigenvalue weighted by Gasteiger charge is 2.64. The van der Waals surface area contributed by atoms with Crippen molar-refractivity contribution in [3.63, 3.8) is 0 Å². The number of benzene rings is 1. The van der Waals surface area contributed by atoms with Gasteiger partial charge in [-0.15, -0.1) is 11.8 Å². The summed E-state index contributed by atoms with van der Waals surface area (Å²) in [6.45, 7) is 5.61. The van der Waals surface area contributed by atoms with Crippen LogP contribution in [0.5, 0.6) is 0 Å². The van der Waals surface area contributed by atoms with Gasteiger partial charge in [0, 0.05) is 29.6 Å². The maximum Gasteiger partial charge on any atom is 0.327 e. The van der Waals surface area contributed by atoms with Gasteiger partial charge in [-0.1, -0.05) is 18.2 Å². The van der Waals surface area contributed by atoms with E-state index >= 15 is 0 Å². The van der Waals surface area contributed by atoms with Crippen molar-refractivity contribution in [3.8, 4) is 0 Å². The SMILES string of the molecule is CCn1cc(C(=O)NC(C(=O)N[C@@H]2C(=O)N3[C@@H]2SC(C)(C)[C@@H]3C(=O)O)C2=CCC=CC2)c(=O)c2cc([N+](=O)[O-])ccc21. The number of carbonyl (C=O) groups is 4. The Morgan fingerprint density at radius 3 is 2.60 bits per heavy atom. The van der Waals surface area contributed by atoms with Gasteiger partial charge in [0.15, 0.2) is 0 Å². The van der Waals surface area contributed by atoms with Crippen LogP contribution in [0.1, 0.15) is 44.0 Å². The second-order valence-electron chi connectivity index (χ2n) is 10.8. The lowest BCUT2D eigenvalue weighted by molar-refractivity contribution is -0.384. The van der Waals surface area contributed by atoms with Crippen molar-refractivity contribution < 1.29 is 29.2 Å². The molecule has 1 aromatic heterocycles. The number of allylic oxidation sites excluding steroid dienone is 3. The van der Waals surface area contributed by atoms with Crippen LogP contribution in [0.15, 0.2) is 53.0 Å². The van der Waals surface area contributed by atoms with E-state index in [-0.39, 0.29) is 16.6 Å². The summed E-state index contributed by atoms with van der Waals surface area (Å²) in [7, 11) is 0. The number of fused-ring (bicyclic) bond motifs is 2. The minimum Gasteiger partial charge on any atom is -0.480 e. The van der Waals surface area contributed by atoms with E-state index in [1.165, 1.54) is 35.0 Å². The van der Waals surface area contributed by atoms with Crippen LogP contribution >= 0.6 is 11.8 Å². The third-order valence-electron chi connectivity index (χ3n) is 7.78. The molecule has 14 heteroatoms. The fourth-order valence-electron chi connectivity index (χ4n) is 5.69. The van der Waals surface area contributed by atoms with E-state index in [9.17, 15) is 39.2 Å². The van der Waals surface area contributed by atoms with Crippen LogP contribution < -0.4 is 16.1 Å². The molecule has 5 rings (SSSR count). The highest BCUT2D eigenvalue weighted by molar-refractivity contribution is 8.01. The average molecular weight is 596 g/mol. The maximum atomic E-state index is 13.6. The van der Waals surface area contributed by atoms with E-state index in [1.807, 2.05) is 12.2 Å². The van der Waals surface area contributed by atoms with Crippen LogP contribution in [0.2, 0.25) is 0 Å². The lowest BCUT2D eigenvalue weighted by Gasteiger charge is -2.44. The standard InChI is InChI=1S/C28H29N5O8S/c1-4-31-13-17(21(34)16-12-15(33(40)41)10-11-18(16)31)23(35)29-19(14-8-6-5-7-9-14)24(36)30-20-25(37)32-22(27(38)39)28(2,3)42-26(20)32/h5-6,9-13,19-20,22,26H,4,7-8H2,1-3H3,(H,29,35)(H,30,36)(H,38,39)/t19?,20-,22+,26-/m1/s1. The lowest BCUT2D eigenvalue weighted by atomic mass is 9.94. The van der Waals surface area contributed by atoms with Crippen molar-refractivity contribution in [2.24, 2.45) is 0 Å². The number of nitro benzene ring substituents is 1. The molecule has 0 radical (unpaired) electrons. The summed E-state index contributed by atoms with van der Waals surface area (Å²) in [6.07, 6.45) is 7.73. The topological polar surface area (TPSA) is 181 Å². The number of nitrogens with one attached hydrogen (secondary N) is 2. The fraction of sp³-hybridized carbons (Fsp3) is 0.393. The van der Waals surface area contributed by atoms with E-state index < -0.39 is 62.3 Å². The number of pyridine rings is 1. The van der Waals surface area contributed by atoms with E-state index in [0.29, 0.717) is 30.5 Å². The Hall–Kier alpha value is -4.46. The maximum absolute atomic E-state index is 13.6. The van der Waals surface area contributed by atoms with Crippen molar-refractivity contribution in [2.75, 3.05) is 0 Å². The molecule has 3 aliphatic rings. The van der Waals surface area contributed by atoms with Crippen LogP contribution in [-0.2, 0) is 20.9 Å². The number of carboxylic acids is 1. The predicted octanol–water partition coefficient (Wildman–Crippen LogP) is 1.94. The summed E-state index contributed by atoms with van der Waals surface area (Å²) in [5, 5.41) is 25.7. The van der Waals surface area contributed by atoms with Crippen molar-refractivity contribution in [1.29, 1.82) is 0 Å². The molecule has 2 saturated heterocycles. The number of hydrogen-bond acceptors (Lipinski definition) is 8. The third kappa shape index (κ3) is 4.85. The van der Waals surface area contributed by atoms with Gasteiger partial charge in [0.05, 0.1) is 15.8 Å². The third-order valence-corrected chi connectivity index (χ3v) is 9.35. The zero-order valence-electron chi connectivity index (χ0n) is 23.0. The number of thioether (sulfide) groups is 1. The van der Waals surface area contributed by atoms with Crippen molar-refractivity contribution in [3.05, 3.63) is 74.1 Å². The molecule has 3 heterocycles. The number of hydrogen-bond donors (Lipinski definition) is 3. The first-order chi connectivity index (χ1) is 19.9. The van der Waals surface area contributed by atoms with Gasteiger partial charge in [-0.25, -0.2) is 4.79 Å². The van der Waals surface area contributed by atoms with Gasteiger partial charge in [-0.2, -0.15) is 0 Å². The van der Waals surface area contributed by atoms with Crippen LogP contribution in [0.4, 0.5) is 5.69 Å². The number of rotatable bonds is 8. The molecule has 42 heavy (non-hydrogen) atoms. The highest BCUT2D eigenvalue weighted by atomic mass is 32.2. The summed E-state index contributed by atoms with van der Waals surface area (Å²) >= 11 is 1.28. The van der Waals surface area contributed by atoms with Crippen molar-refractivity contribution in [2.45, 2.75) is 68.4 Å². The molecule has 2 fully saturated rings. The minimum atomic E-state index is -1.23. The number of carbonyl (C=O) groups excluding carboxylic acids is 3. The molecule has 220 valence electrons. The van der Waals surface area contributed by atoms with Crippen LogP contribution in [0, 0.1) is 10.1 Å². The summed E-state index contributed by atoms with van der Waals surface area (Å²) in [5.41, 5.74) is -0.334. The Balaban J connectivity index is 1.44. The Morgan fingerprint density at radius 1 is 1.24 bits per heavy atom. The zero-order valence-corrected chi connectivity index (χ0v) is 23.8. The molecule has 1 unspecified atom stereocenters. The van der Waals surface area contributed by atoms with Crippen LogP contribution in [0.25, 0.3) is 10.9 Å². The summed E-state index contributed by atoms with van der Waals surface area (Å²) in [4.78, 5) is 77.3. The van der Waals surface area contributed by atoms with Gasteiger partial charge < -0.3 is 25.2 Å². The molecule has 0 bridgehead atoms. The number of β-lactam (4-membered cyclic amide) rings is 1. The summed E-state index contributed by atoms with van der Waals surface area (Å²) < 4.78 is 0.840. The molecule has 1 aromatic carbocycles. The summed E-state index contributed by atoms with van der Waals surface area (Å²) in [6, 6.07) is 0.601. The molecule has 2 aromatic rings. The molecule has 13 nitrogen and oxygen atoms in total. The largest absolute Gasteiger partial charge is 0.480 e. The van der Waals surface area contributed by atoms with Gasteiger partial charge >= 0.3 is 5.97 Å². The van der Waals surface area contributed by atoms with Crippen LogP contribution in [0.3, 0.4) is 0 Å². The highest BCUT2D eigenvalue weighted by Crippen LogP contribution is 2.50. The fourth-order valence-corrected chi connectivity index (χ4v) is 7.32. The van der Waals surface area contributed by atoms with E-state index in [0.717, 1.165) is 6.07 Å². The van der Waals surface area contributed by atoms with E-state index in [4.69, 9.17) is 0 Å².